The number of hydrogen-bond donors (Lipinski definition) is 1. The van der Waals surface area contributed by atoms with Gasteiger partial charge in [-0.15, -0.1) is 5.10 Å². The molecule has 2 N–H and O–H groups in total. The Bertz CT molecular complexity index is 658. The van der Waals surface area contributed by atoms with Gasteiger partial charge < -0.3 is 5.73 Å². The highest BCUT2D eigenvalue weighted by atomic mass is 16.1. The molecule has 5 nitrogen and oxygen atoms in total. The number of nitrogens with zero attached hydrogens (tertiary/aromatic N) is 3. The van der Waals surface area contributed by atoms with Gasteiger partial charge in [-0.2, -0.15) is 0 Å². The van der Waals surface area contributed by atoms with Gasteiger partial charge in [0.2, 0.25) is 0 Å². The second-order valence-electron chi connectivity index (χ2n) is 5.99. The van der Waals surface area contributed by atoms with Gasteiger partial charge in [-0.05, 0) is 42.8 Å². The van der Waals surface area contributed by atoms with Crippen molar-refractivity contribution in [1.29, 1.82) is 0 Å². The summed E-state index contributed by atoms with van der Waals surface area (Å²) in [5.41, 5.74) is 7.57. The van der Waals surface area contributed by atoms with Gasteiger partial charge in [-0.1, -0.05) is 44.2 Å². The average Bonchev–Trinajstić information content (AvgIpc) is 3.04. The number of unbranched alkanes of at least 4 members (excludes halogenated alkanes) is 5. The lowest BCUT2D eigenvalue weighted by molar-refractivity contribution is 0.104. The Labute approximate surface area is 143 Å². The fraction of sp³-hybridized carbons (Fsp3) is 0.421. The smallest absolute Gasteiger partial charge is 0.185 e. The summed E-state index contributed by atoms with van der Waals surface area (Å²) < 4.78 is 1.84. The average molecular weight is 326 g/mol. The molecule has 0 aliphatic heterocycles. The van der Waals surface area contributed by atoms with Crippen LogP contribution in [0.15, 0.2) is 36.5 Å². The maximum absolute atomic E-state index is 12.1. The number of nitrogen functional groups attached to an aromatic ring is 1. The Balaban J connectivity index is 1.78. The molecular weight excluding hydrogens is 300 g/mol. The minimum Gasteiger partial charge on any atom is -0.399 e. The minimum absolute atomic E-state index is 0.0690. The molecular formula is C19H26N4O. The molecule has 0 saturated heterocycles. The quantitative estimate of drug-likeness (QED) is 0.308. The van der Waals surface area contributed by atoms with Crippen molar-refractivity contribution in [1.82, 2.24) is 15.0 Å². The number of carbonyl (C=O) groups excluding carboxylic acids is 1. The van der Waals surface area contributed by atoms with Crippen molar-refractivity contribution < 1.29 is 4.79 Å². The van der Waals surface area contributed by atoms with Crippen LogP contribution >= 0.6 is 0 Å². The van der Waals surface area contributed by atoms with E-state index < -0.39 is 0 Å². The second kappa shape index (κ2) is 9.65. The number of aromatic nitrogens is 3. The van der Waals surface area contributed by atoms with Gasteiger partial charge in [0, 0.05) is 17.8 Å². The van der Waals surface area contributed by atoms with Crippen molar-refractivity contribution >= 4 is 17.5 Å². The lowest BCUT2D eigenvalue weighted by atomic mass is 10.1. The molecule has 0 aliphatic rings. The summed E-state index contributed by atoms with van der Waals surface area (Å²) in [5, 5.41) is 8.18. The molecule has 128 valence electrons. The number of anilines is 1. The van der Waals surface area contributed by atoms with E-state index in [4.69, 9.17) is 5.73 Å². The van der Waals surface area contributed by atoms with Crippen LogP contribution in [0.5, 0.6) is 0 Å². The molecule has 0 amide bonds. The molecule has 0 atom stereocenters. The number of carbonyl (C=O) groups is 1. The predicted molar refractivity (Wildman–Crippen MR) is 97.6 cm³/mol. The number of aryl methyl sites for hydroxylation is 1. The highest BCUT2D eigenvalue weighted by molar-refractivity contribution is 6.06. The molecule has 0 radical (unpaired) electrons. The van der Waals surface area contributed by atoms with E-state index in [1.807, 2.05) is 10.9 Å². The zero-order valence-corrected chi connectivity index (χ0v) is 14.3. The summed E-state index contributed by atoms with van der Waals surface area (Å²) >= 11 is 0. The third-order valence-electron chi connectivity index (χ3n) is 3.90. The molecule has 1 heterocycles. The summed E-state index contributed by atoms with van der Waals surface area (Å²) in [6.07, 6.45) is 12.6. The number of allylic oxidation sites excluding steroid dienone is 1. The maximum atomic E-state index is 12.1. The van der Waals surface area contributed by atoms with Gasteiger partial charge in [0.25, 0.3) is 0 Å². The molecule has 5 heteroatoms. The number of benzene rings is 1. The Morgan fingerprint density at radius 3 is 2.58 bits per heavy atom. The van der Waals surface area contributed by atoms with E-state index in [1.54, 1.807) is 30.3 Å². The van der Waals surface area contributed by atoms with Crippen LogP contribution in [0, 0.1) is 0 Å². The molecule has 0 bridgehead atoms. The Morgan fingerprint density at radius 1 is 1.12 bits per heavy atom. The number of rotatable bonds is 10. The van der Waals surface area contributed by atoms with E-state index in [9.17, 15) is 4.79 Å². The normalized spacial score (nSPS) is 11.2. The Morgan fingerprint density at radius 2 is 1.83 bits per heavy atom. The van der Waals surface area contributed by atoms with Crippen LogP contribution in [0.1, 0.15) is 61.5 Å². The zero-order chi connectivity index (χ0) is 17.2. The number of nitrogens with two attached hydrogens (primary N) is 1. The molecule has 1 aromatic carbocycles. The molecule has 0 aliphatic carbocycles. The SMILES string of the molecule is CCCCCCCCn1cc(/C=C/C(=O)c2ccc(N)cc2)nn1. The van der Waals surface area contributed by atoms with Gasteiger partial charge in [0.1, 0.15) is 5.69 Å². The molecule has 24 heavy (non-hydrogen) atoms. The topological polar surface area (TPSA) is 73.8 Å². The Kier molecular flexibility index (Phi) is 7.21. The van der Waals surface area contributed by atoms with Crippen molar-refractivity contribution in [2.45, 2.75) is 52.0 Å². The van der Waals surface area contributed by atoms with Gasteiger partial charge in [0.15, 0.2) is 5.78 Å². The highest BCUT2D eigenvalue weighted by Gasteiger charge is 2.02. The van der Waals surface area contributed by atoms with Crippen molar-refractivity contribution in [3.8, 4) is 0 Å². The molecule has 0 fully saturated rings. The first-order valence-electron chi connectivity index (χ1n) is 8.67. The number of ketones is 1. The van der Waals surface area contributed by atoms with Crippen LogP contribution < -0.4 is 5.73 Å². The lowest BCUT2D eigenvalue weighted by Gasteiger charge is -2.00. The molecule has 2 rings (SSSR count). The van der Waals surface area contributed by atoms with Crippen LogP contribution in [-0.4, -0.2) is 20.8 Å². The first-order chi connectivity index (χ1) is 11.7. The largest absolute Gasteiger partial charge is 0.399 e. The van der Waals surface area contributed by atoms with Crippen molar-refractivity contribution in [2.24, 2.45) is 0 Å². The van der Waals surface area contributed by atoms with E-state index in [0.717, 1.165) is 13.0 Å². The summed E-state index contributed by atoms with van der Waals surface area (Å²) in [6, 6.07) is 6.88. The first-order valence-corrected chi connectivity index (χ1v) is 8.67. The monoisotopic (exact) mass is 326 g/mol. The van der Waals surface area contributed by atoms with Crippen LogP contribution in [0.4, 0.5) is 5.69 Å². The summed E-state index contributed by atoms with van der Waals surface area (Å²) in [5.74, 6) is -0.0690. The van der Waals surface area contributed by atoms with E-state index in [2.05, 4.69) is 17.2 Å². The van der Waals surface area contributed by atoms with Crippen LogP contribution in [0.2, 0.25) is 0 Å². The molecule has 0 saturated carbocycles. The van der Waals surface area contributed by atoms with Gasteiger partial charge >= 0.3 is 0 Å². The Hall–Kier alpha value is -2.43. The van der Waals surface area contributed by atoms with E-state index in [-0.39, 0.29) is 5.78 Å². The molecule has 0 unspecified atom stereocenters. The van der Waals surface area contributed by atoms with Gasteiger partial charge in [-0.25, -0.2) is 0 Å². The van der Waals surface area contributed by atoms with Gasteiger partial charge in [-0.3, -0.25) is 9.48 Å². The van der Waals surface area contributed by atoms with Crippen molar-refractivity contribution in [3.05, 3.63) is 47.8 Å². The van der Waals surface area contributed by atoms with E-state index in [0.29, 0.717) is 16.9 Å². The molecule has 1 aromatic heterocycles. The van der Waals surface area contributed by atoms with Crippen molar-refractivity contribution in [2.75, 3.05) is 5.73 Å². The molecule has 2 aromatic rings. The van der Waals surface area contributed by atoms with E-state index >= 15 is 0 Å². The third kappa shape index (κ3) is 5.99. The highest BCUT2D eigenvalue weighted by Crippen LogP contribution is 2.09. The summed E-state index contributed by atoms with van der Waals surface area (Å²) in [6.45, 7) is 3.10. The van der Waals surface area contributed by atoms with Crippen LogP contribution in [-0.2, 0) is 6.54 Å². The lowest BCUT2D eigenvalue weighted by Crippen LogP contribution is -1.98. The fourth-order valence-corrected chi connectivity index (χ4v) is 2.46. The maximum Gasteiger partial charge on any atom is 0.185 e. The van der Waals surface area contributed by atoms with Crippen LogP contribution in [0.25, 0.3) is 6.08 Å². The van der Waals surface area contributed by atoms with E-state index in [1.165, 1.54) is 38.2 Å². The first kappa shape index (κ1) is 17.9. The minimum atomic E-state index is -0.0690. The third-order valence-corrected chi connectivity index (χ3v) is 3.90. The second-order valence-corrected chi connectivity index (χ2v) is 5.99. The van der Waals surface area contributed by atoms with Crippen LogP contribution in [0.3, 0.4) is 0 Å². The molecule has 0 spiro atoms. The zero-order valence-electron chi connectivity index (χ0n) is 14.3. The van der Waals surface area contributed by atoms with Crippen molar-refractivity contribution in [3.63, 3.8) is 0 Å². The number of hydrogen-bond acceptors (Lipinski definition) is 4. The fourth-order valence-electron chi connectivity index (χ4n) is 2.46. The summed E-state index contributed by atoms with van der Waals surface area (Å²) in [7, 11) is 0. The summed E-state index contributed by atoms with van der Waals surface area (Å²) in [4.78, 5) is 12.1. The standard InChI is InChI=1S/C19H26N4O/c1-2-3-4-5-6-7-14-23-15-18(21-22-23)12-13-19(24)16-8-10-17(20)11-9-16/h8-13,15H,2-7,14,20H2,1H3/b13-12+. The van der Waals surface area contributed by atoms with Gasteiger partial charge in [0.05, 0.1) is 6.20 Å². The predicted octanol–water partition coefficient (Wildman–Crippen LogP) is 4.12.